The fourth-order valence-corrected chi connectivity index (χ4v) is 6.05. The molecule has 1 saturated carbocycles. The summed E-state index contributed by atoms with van der Waals surface area (Å²) < 4.78 is 64.5. The first-order chi connectivity index (χ1) is 20.6. The summed E-state index contributed by atoms with van der Waals surface area (Å²) >= 11 is 0. The van der Waals surface area contributed by atoms with Crippen LogP contribution in [-0.2, 0) is 31.8 Å². The minimum Gasteiger partial charge on any atom is -0.481 e. The molecule has 0 unspecified atom stereocenters. The topological polar surface area (TPSA) is 84.9 Å². The van der Waals surface area contributed by atoms with Gasteiger partial charge in [-0.05, 0) is 78.1 Å². The molecule has 10 heteroatoms. The monoisotopic (exact) mass is 599 g/mol. The molecule has 2 fully saturated rings. The average Bonchev–Trinajstić information content (AvgIpc) is 3.01. The van der Waals surface area contributed by atoms with Crippen molar-refractivity contribution in [1.82, 2.24) is 0 Å². The van der Waals surface area contributed by atoms with Crippen LogP contribution in [-0.4, -0.2) is 36.3 Å². The standard InChI is InChI=1S/C33H33F4NO5/c34-28-18-24(33(35,36)37)11-12-29(28)38-31(39)27-6-2-5-26(30(27)32(40)41)22-9-7-21(8-10-22)23-4-1-3-20(17-23)19-43-25-13-15-42-16-14-25/h1,3-4,7-12,17-18,25-27,30H,2,5-6,13-16,19H2,(H,38,39)(H,40,41)/t26-,27-,30-/m1/s1. The average molecular weight is 600 g/mol. The third-order valence-corrected chi connectivity index (χ3v) is 8.33. The van der Waals surface area contributed by atoms with Crippen LogP contribution in [0, 0.1) is 17.7 Å². The molecule has 43 heavy (non-hydrogen) atoms. The van der Waals surface area contributed by atoms with Crippen LogP contribution in [0.1, 0.15) is 54.7 Å². The number of rotatable bonds is 8. The highest BCUT2D eigenvalue weighted by molar-refractivity contribution is 5.95. The minimum atomic E-state index is -4.73. The number of hydrogen-bond donors (Lipinski definition) is 2. The molecule has 1 amide bonds. The Labute approximate surface area is 247 Å². The van der Waals surface area contributed by atoms with E-state index in [-0.39, 0.29) is 12.5 Å². The van der Waals surface area contributed by atoms with Crippen LogP contribution in [0.2, 0.25) is 0 Å². The normalized spacial score (nSPS) is 21.3. The van der Waals surface area contributed by atoms with Crippen molar-refractivity contribution in [3.63, 3.8) is 0 Å². The fraction of sp³-hybridized carbons (Fsp3) is 0.394. The lowest BCUT2D eigenvalue weighted by atomic mass is 9.69. The predicted molar refractivity (Wildman–Crippen MR) is 152 cm³/mol. The van der Waals surface area contributed by atoms with Crippen LogP contribution in [0.5, 0.6) is 0 Å². The molecule has 228 valence electrons. The maximum atomic E-state index is 14.4. The number of ether oxygens (including phenoxy) is 2. The van der Waals surface area contributed by atoms with E-state index in [1.54, 1.807) is 0 Å². The van der Waals surface area contributed by atoms with Crippen molar-refractivity contribution < 1.29 is 41.7 Å². The molecule has 0 bridgehead atoms. The zero-order valence-electron chi connectivity index (χ0n) is 23.4. The third-order valence-electron chi connectivity index (χ3n) is 8.33. The fourth-order valence-electron chi connectivity index (χ4n) is 6.05. The number of carboxylic acid groups (broad SMARTS) is 1. The molecule has 0 spiro atoms. The molecule has 5 rings (SSSR count). The maximum absolute atomic E-state index is 14.4. The van der Waals surface area contributed by atoms with Crippen LogP contribution in [0.3, 0.4) is 0 Å². The molecule has 3 atom stereocenters. The van der Waals surface area contributed by atoms with Gasteiger partial charge in [0.2, 0.25) is 5.91 Å². The molecule has 6 nitrogen and oxygen atoms in total. The Morgan fingerprint density at radius 1 is 0.930 bits per heavy atom. The van der Waals surface area contributed by atoms with Gasteiger partial charge in [0.05, 0.1) is 35.8 Å². The van der Waals surface area contributed by atoms with Gasteiger partial charge < -0.3 is 19.9 Å². The van der Waals surface area contributed by atoms with E-state index in [0.717, 1.165) is 41.2 Å². The third kappa shape index (κ3) is 7.43. The number of carbonyl (C=O) groups excluding carboxylic acids is 1. The van der Waals surface area contributed by atoms with Crippen molar-refractivity contribution in [1.29, 1.82) is 0 Å². The molecular formula is C33H33F4NO5. The van der Waals surface area contributed by atoms with E-state index in [2.05, 4.69) is 11.4 Å². The zero-order chi connectivity index (χ0) is 30.6. The van der Waals surface area contributed by atoms with Crippen LogP contribution >= 0.6 is 0 Å². The minimum absolute atomic E-state index is 0.189. The Morgan fingerprint density at radius 3 is 2.35 bits per heavy atom. The highest BCUT2D eigenvalue weighted by Gasteiger charge is 2.43. The summed E-state index contributed by atoms with van der Waals surface area (Å²) in [4.78, 5) is 25.6. The second-order valence-corrected chi connectivity index (χ2v) is 11.1. The number of aliphatic carboxylic acids is 1. The first-order valence-electron chi connectivity index (χ1n) is 14.4. The quantitative estimate of drug-likeness (QED) is 0.263. The van der Waals surface area contributed by atoms with E-state index in [0.29, 0.717) is 44.8 Å². The molecule has 2 N–H and O–H groups in total. The number of halogens is 4. The first kappa shape index (κ1) is 30.7. The summed E-state index contributed by atoms with van der Waals surface area (Å²) in [6.45, 7) is 1.92. The van der Waals surface area contributed by atoms with Crippen molar-refractivity contribution in [3.05, 3.63) is 89.2 Å². The van der Waals surface area contributed by atoms with Crippen molar-refractivity contribution in [2.75, 3.05) is 18.5 Å². The van der Waals surface area contributed by atoms with Gasteiger partial charge in [0.25, 0.3) is 0 Å². The molecule has 1 aliphatic carbocycles. The van der Waals surface area contributed by atoms with E-state index in [1.165, 1.54) is 0 Å². The van der Waals surface area contributed by atoms with E-state index >= 15 is 0 Å². The zero-order valence-corrected chi connectivity index (χ0v) is 23.4. The summed E-state index contributed by atoms with van der Waals surface area (Å²) in [5, 5.41) is 12.5. The highest BCUT2D eigenvalue weighted by atomic mass is 19.4. The van der Waals surface area contributed by atoms with Crippen LogP contribution in [0.4, 0.5) is 23.2 Å². The second kappa shape index (κ2) is 13.3. The van der Waals surface area contributed by atoms with Gasteiger partial charge in [0.15, 0.2) is 0 Å². The Morgan fingerprint density at radius 2 is 1.67 bits per heavy atom. The smallest absolute Gasteiger partial charge is 0.416 e. The van der Waals surface area contributed by atoms with E-state index in [4.69, 9.17) is 9.47 Å². The molecule has 0 aromatic heterocycles. The van der Waals surface area contributed by atoms with Crippen molar-refractivity contribution in [3.8, 4) is 11.1 Å². The molecule has 3 aromatic rings. The first-order valence-corrected chi connectivity index (χ1v) is 14.4. The summed E-state index contributed by atoms with van der Waals surface area (Å²) in [6.07, 6.45) is -1.39. The number of hydrogen-bond acceptors (Lipinski definition) is 4. The van der Waals surface area contributed by atoms with Crippen LogP contribution < -0.4 is 5.32 Å². The van der Waals surface area contributed by atoms with Gasteiger partial charge in [-0.3, -0.25) is 9.59 Å². The Hall–Kier alpha value is -3.76. The predicted octanol–water partition coefficient (Wildman–Crippen LogP) is 7.43. The van der Waals surface area contributed by atoms with Gasteiger partial charge in [0, 0.05) is 13.2 Å². The van der Waals surface area contributed by atoms with E-state index in [9.17, 15) is 32.3 Å². The largest absolute Gasteiger partial charge is 0.481 e. The van der Waals surface area contributed by atoms with Gasteiger partial charge in [0.1, 0.15) is 5.82 Å². The molecule has 2 aliphatic rings. The van der Waals surface area contributed by atoms with Crippen LogP contribution in [0.25, 0.3) is 11.1 Å². The Bertz CT molecular complexity index is 1440. The van der Waals surface area contributed by atoms with Crippen molar-refractivity contribution in [2.45, 2.75) is 56.9 Å². The maximum Gasteiger partial charge on any atom is 0.416 e. The molecule has 3 aromatic carbocycles. The van der Waals surface area contributed by atoms with Crippen molar-refractivity contribution >= 4 is 17.6 Å². The van der Waals surface area contributed by atoms with E-state index in [1.807, 2.05) is 42.5 Å². The molecule has 0 radical (unpaired) electrons. The van der Waals surface area contributed by atoms with Crippen molar-refractivity contribution in [2.24, 2.45) is 11.8 Å². The number of benzene rings is 3. The number of carboxylic acids is 1. The lowest BCUT2D eigenvalue weighted by molar-refractivity contribution is -0.148. The van der Waals surface area contributed by atoms with Gasteiger partial charge in [-0.1, -0.05) is 48.9 Å². The summed E-state index contributed by atoms with van der Waals surface area (Å²) in [7, 11) is 0. The number of nitrogens with one attached hydrogen (secondary N) is 1. The summed E-state index contributed by atoms with van der Waals surface area (Å²) in [5.74, 6) is -5.65. The lowest BCUT2D eigenvalue weighted by Crippen LogP contribution is -2.40. The summed E-state index contributed by atoms with van der Waals surface area (Å²) in [5.41, 5.74) is 2.16. The van der Waals surface area contributed by atoms with Gasteiger partial charge in [-0.15, -0.1) is 0 Å². The van der Waals surface area contributed by atoms with Gasteiger partial charge >= 0.3 is 12.1 Å². The molecule has 1 saturated heterocycles. The second-order valence-electron chi connectivity index (χ2n) is 11.1. The molecule has 1 heterocycles. The van der Waals surface area contributed by atoms with E-state index < -0.39 is 52.9 Å². The number of alkyl halides is 3. The van der Waals surface area contributed by atoms with Crippen LogP contribution in [0.15, 0.2) is 66.7 Å². The summed E-state index contributed by atoms with van der Waals surface area (Å²) in [6, 6.07) is 17.5. The molecular weight excluding hydrogens is 566 g/mol. The Kier molecular flexibility index (Phi) is 9.46. The number of carbonyl (C=O) groups is 2. The van der Waals surface area contributed by atoms with Gasteiger partial charge in [-0.2, -0.15) is 13.2 Å². The lowest BCUT2D eigenvalue weighted by Gasteiger charge is -2.35. The SMILES string of the molecule is O=C(O)[C@@H]1[C@@H](c2ccc(-c3cccc(COC4CCOCC4)c3)cc2)CCC[C@H]1C(=O)Nc1ccc(C(F)(F)F)cc1F. The van der Waals surface area contributed by atoms with Gasteiger partial charge in [-0.25, -0.2) is 4.39 Å². The highest BCUT2D eigenvalue weighted by Crippen LogP contribution is 2.43. The number of anilines is 1. The number of amides is 1. The molecule has 1 aliphatic heterocycles. The Balaban J connectivity index is 1.28.